The van der Waals surface area contributed by atoms with Crippen LogP contribution >= 0.6 is 0 Å². The van der Waals surface area contributed by atoms with Gasteiger partial charge >= 0.3 is 0 Å². The van der Waals surface area contributed by atoms with Crippen LogP contribution in [-0.2, 0) is 9.53 Å². The molecule has 0 aliphatic carbocycles. The zero-order valence-corrected chi connectivity index (χ0v) is 11.1. The molecule has 0 unspecified atom stereocenters. The molecule has 1 fully saturated rings. The van der Waals surface area contributed by atoms with Crippen LogP contribution in [0.15, 0.2) is 24.3 Å². The Kier molecular flexibility index (Phi) is 5.18. The first-order valence-corrected chi connectivity index (χ1v) is 6.70. The first-order chi connectivity index (χ1) is 9.25. The molecule has 1 aliphatic heterocycles. The van der Waals surface area contributed by atoms with E-state index >= 15 is 0 Å². The van der Waals surface area contributed by atoms with Crippen molar-refractivity contribution in [2.45, 2.75) is 12.8 Å². The van der Waals surface area contributed by atoms with Crippen LogP contribution in [0.2, 0.25) is 0 Å². The van der Waals surface area contributed by atoms with E-state index in [-0.39, 0.29) is 5.91 Å². The van der Waals surface area contributed by atoms with Crippen molar-refractivity contribution < 1.29 is 9.53 Å². The number of amides is 1. The number of hydrogen-bond donors (Lipinski definition) is 2. The van der Waals surface area contributed by atoms with Gasteiger partial charge in [0, 0.05) is 19.5 Å². The summed E-state index contributed by atoms with van der Waals surface area (Å²) in [4.78, 5) is 14.1. The maximum Gasteiger partial charge on any atom is 0.224 e. The molecule has 0 aromatic heterocycles. The van der Waals surface area contributed by atoms with Crippen molar-refractivity contribution in [1.82, 2.24) is 4.90 Å². The van der Waals surface area contributed by atoms with Crippen molar-refractivity contribution in [3.8, 4) is 0 Å². The van der Waals surface area contributed by atoms with Crippen LogP contribution in [0.1, 0.15) is 12.8 Å². The lowest BCUT2D eigenvalue weighted by Gasteiger charge is -2.26. The second-order valence-electron chi connectivity index (χ2n) is 4.69. The van der Waals surface area contributed by atoms with Gasteiger partial charge < -0.3 is 15.8 Å². The molecule has 19 heavy (non-hydrogen) atoms. The zero-order chi connectivity index (χ0) is 13.5. The van der Waals surface area contributed by atoms with E-state index in [4.69, 9.17) is 10.5 Å². The largest absolute Gasteiger partial charge is 0.397 e. The van der Waals surface area contributed by atoms with Crippen LogP contribution in [0, 0.1) is 0 Å². The predicted molar refractivity (Wildman–Crippen MR) is 76.0 cm³/mol. The number of nitrogens with one attached hydrogen (secondary N) is 1. The summed E-state index contributed by atoms with van der Waals surface area (Å²) in [7, 11) is 0. The third kappa shape index (κ3) is 4.54. The summed E-state index contributed by atoms with van der Waals surface area (Å²) >= 11 is 0. The lowest BCUT2D eigenvalue weighted by molar-refractivity contribution is -0.116. The van der Waals surface area contributed by atoms with E-state index in [2.05, 4.69) is 10.2 Å². The summed E-state index contributed by atoms with van der Waals surface area (Å²) < 4.78 is 5.28. The highest BCUT2D eigenvalue weighted by Crippen LogP contribution is 2.16. The Morgan fingerprint density at radius 3 is 2.79 bits per heavy atom. The fraction of sp³-hybridized carbons (Fsp3) is 0.500. The van der Waals surface area contributed by atoms with Crippen LogP contribution in [0.3, 0.4) is 0 Å². The number of rotatable bonds is 5. The standard InChI is InChI=1S/C14H21N3O2/c15-12-4-1-2-5-13(12)16-14(18)6-3-7-17-8-10-19-11-9-17/h1-2,4-5H,3,6-11,15H2,(H,16,18). The SMILES string of the molecule is Nc1ccccc1NC(=O)CCCN1CCOCC1. The Balaban J connectivity index is 1.68. The quantitative estimate of drug-likeness (QED) is 0.786. The average Bonchev–Trinajstić information content (AvgIpc) is 2.43. The second-order valence-corrected chi connectivity index (χ2v) is 4.69. The maximum absolute atomic E-state index is 11.8. The number of nitrogen functional groups attached to an aromatic ring is 1. The first-order valence-electron chi connectivity index (χ1n) is 6.70. The predicted octanol–water partition coefficient (Wildman–Crippen LogP) is 1.32. The third-order valence-electron chi connectivity index (χ3n) is 3.22. The molecule has 0 spiro atoms. The van der Waals surface area contributed by atoms with Gasteiger partial charge in [-0.1, -0.05) is 12.1 Å². The van der Waals surface area contributed by atoms with Gasteiger partial charge in [-0.2, -0.15) is 0 Å². The van der Waals surface area contributed by atoms with Crippen molar-refractivity contribution in [3.63, 3.8) is 0 Å². The molecule has 0 saturated carbocycles. The second kappa shape index (κ2) is 7.11. The van der Waals surface area contributed by atoms with Gasteiger partial charge in [0.05, 0.1) is 24.6 Å². The molecule has 2 rings (SSSR count). The number of morpholine rings is 1. The maximum atomic E-state index is 11.8. The number of nitrogens with two attached hydrogens (primary N) is 1. The molecule has 1 heterocycles. The van der Waals surface area contributed by atoms with E-state index in [0.717, 1.165) is 39.3 Å². The minimum absolute atomic E-state index is 0.0196. The Hall–Kier alpha value is -1.59. The molecular weight excluding hydrogens is 242 g/mol. The molecule has 1 saturated heterocycles. The monoisotopic (exact) mass is 263 g/mol. The molecule has 0 bridgehead atoms. The number of hydrogen-bond acceptors (Lipinski definition) is 4. The van der Waals surface area contributed by atoms with Crippen molar-refractivity contribution in [1.29, 1.82) is 0 Å². The van der Waals surface area contributed by atoms with Gasteiger partial charge in [-0.3, -0.25) is 9.69 Å². The number of benzene rings is 1. The molecule has 1 aliphatic rings. The van der Waals surface area contributed by atoms with Gasteiger partial charge in [0.15, 0.2) is 0 Å². The van der Waals surface area contributed by atoms with Gasteiger partial charge in [0.2, 0.25) is 5.91 Å². The summed E-state index contributed by atoms with van der Waals surface area (Å²) in [5, 5.41) is 2.84. The van der Waals surface area contributed by atoms with Crippen LogP contribution in [0.25, 0.3) is 0 Å². The summed E-state index contributed by atoms with van der Waals surface area (Å²) in [6, 6.07) is 7.31. The summed E-state index contributed by atoms with van der Waals surface area (Å²) in [5.41, 5.74) is 7.07. The minimum atomic E-state index is 0.0196. The van der Waals surface area contributed by atoms with Crippen molar-refractivity contribution >= 4 is 17.3 Å². The number of carbonyl (C=O) groups is 1. The van der Waals surface area contributed by atoms with Crippen LogP contribution in [0.5, 0.6) is 0 Å². The minimum Gasteiger partial charge on any atom is -0.397 e. The third-order valence-corrected chi connectivity index (χ3v) is 3.22. The highest BCUT2D eigenvalue weighted by molar-refractivity contribution is 5.93. The topological polar surface area (TPSA) is 67.6 Å². The van der Waals surface area contributed by atoms with Gasteiger partial charge in [-0.25, -0.2) is 0 Å². The van der Waals surface area contributed by atoms with Crippen molar-refractivity contribution in [2.75, 3.05) is 43.9 Å². The molecule has 1 aromatic rings. The lowest BCUT2D eigenvalue weighted by Crippen LogP contribution is -2.37. The Morgan fingerprint density at radius 2 is 2.05 bits per heavy atom. The smallest absolute Gasteiger partial charge is 0.224 e. The molecule has 5 heteroatoms. The summed E-state index contributed by atoms with van der Waals surface area (Å²) in [5.74, 6) is 0.0196. The van der Waals surface area contributed by atoms with Crippen LogP contribution < -0.4 is 11.1 Å². The number of ether oxygens (including phenoxy) is 1. The Labute approximate surface area is 113 Å². The fourth-order valence-corrected chi connectivity index (χ4v) is 2.11. The molecule has 0 atom stereocenters. The number of carbonyl (C=O) groups excluding carboxylic acids is 1. The van der Waals surface area contributed by atoms with E-state index in [1.807, 2.05) is 18.2 Å². The highest BCUT2D eigenvalue weighted by Gasteiger charge is 2.11. The molecule has 3 N–H and O–H groups in total. The van der Waals surface area contributed by atoms with Gasteiger partial charge in [0.25, 0.3) is 0 Å². The molecule has 104 valence electrons. The lowest BCUT2D eigenvalue weighted by atomic mass is 10.2. The van der Waals surface area contributed by atoms with E-state index in [0.29, 0.717) is 17.8 Å². The summed E-state index contributed by atoms with van der Waals surface area (Å²) in [6.45, 7) is 4.47. The highest BCUT2D eigenvalue weighted by atomic mass is 16.5. The molecule has 0 radical (unpaired) electrons. The van der Waals surface area contributed by atoms with Crippen LogP contribution in [0.4, 0.5) is 11.4 Å². The van der Waals surface area contributed by atoms with E-state index in [1.165, 1.54) is 0 Å². The fourth-order valence-electron chi connectivity index (χ4n) is 2.11. The van der Waals surface area contributed by atoms with Gasteiger partial charge in [0.1, 0.15) is 0 Å². The normalized spacial score (nSPS) is 16.2. The number of nitrogens with zero attached hydrogens (tertiary/aromatic N) is 1. The van der Waals surface area contributed by atoms with Gasteiger partial charge in [-0.15, -0.1) is 0 Å². The molecule has 1 aromatic carbocycles. The molecular formula is C14H21N3O2. The van der Waals surface area contributed by atoms with Crippen molar-refractivity contribution in [3.05, 3.63) is 24.3 Å². The van der Waals surface area contributed by atoms with E-state index < -0.39 is 0 Å². The molecule has 5 nitrogen and oxygen atoms in total. The number of para-hydroxylation sites is 2. The van der Waals surface area contributed by atoms with Crippen molar-refractivity contribution in [2.24, 2.45) is 0 Å². The first kappa shape index (κ1) is 13.8. The summed E-state index contributed by atoms with van der Waals surface area (Å²) in [6.07, 6.45) is 1.38. The Bertz CT molecular complexity index is 417. The van der Waals surface area contributed by atoms with Gasteiger partial charge in [-0.05, 0) is 25.1 Å². The molecule has 1 amide bonds. The Morgan fingerprint density at radius 1 is 1.32 bits per heavy atom. The van der Waals surface area contributed by atoms with E-state index in [1.54, 1.807) is 6.07 Å². The average molecular weight is 263 g/mol. The van der Waals surface area contributed by atoms with Crippen LogP contribution in [-0.4, -0.2) is 43.7 Å². The number of anilines is 2. The zero-order valence-electron chi connectivity index (χ0n) is 11.1. The van der Waals surface area contributed by atoms with E-state index in [9.17, 15) is 4.79 Å².